The average Bonchev–Trinajstić information content (AvgIpc) is 3.18. The third kappa shape index (κ3) is 2.63. The molecule has 0 saturated carbocycles. The second kappa shape index (κ2) is 6.29. The van der Waals surface area contributed by atoms with Crippen LogP contribution >= 0.6 is 0 Å². The van der Waals surface area contributed by atoms with Gasteiger partial charge in [0.25, 0.3) is 5.91 Å². The second-order valence-electron chi connectivity index (χ2n) is 6.42. The molecule has 4 rings (SSSR count). The summed E-state index contributed by atoms with van der Waals surface area (Å²) in [7, 11) is 0. The Morgan fingerprint density at radius 1 is 1.08 bits per heavy atom. The summed E-state index contributed by atoms with van der Waals surface area (Å²) in [6.07, 6.45) is 0.368. The second-order valence-corrected chi connectivity index (χ2v) is 6.42. The Morgan fingerprint density at radius 2 is 1.81 bits per heavy atom. The maximum atomic E-state index is 12.6. The van der Waals surface area contributed by atoms with Crippen LogP contribution in [0.25, 0.3) is 0 Å². The maximum Gasteiger partial charge on any atom is 0.295 e. The highest BCUT2D eigenvalue weighted by atomic mass is 16.7. The number of ketones is 2. The van der Waals surface area contributed by atoms with Gasteiger partial charge in [0.2, 0.25) is 12.6 Å². The molecule has 2 aliphatic heterocycles. The molecule has 0 aliphatic carbocycles. The molecule has 2 aliphatic rings. The van der Waals surface area contributed by atoms with Crippen LogP contribution in [0.2, 0.25) is 0 Å². The van der Waals surface area contributed by atoms with Gasteiger partial charge in [0, 0.05) is 5.69 Å². The summed E-state index contributed by atoms with van der Waals surface area (Å²) >= 11 is 0. The van der Waals surface area contributed by atoms with Gasteiger partial charge in [-0.2, -0.15) is 0 Å². The number of nitrogens with zero attached hydrogens (tertiary/aromatic N) is 1. The quantitative estimate of drug-likeness (QED) is 0.623. The van der Waals surface area contributed by atoms with E-state index in [1.807, 2.05) is 18.2 Å². The Bertz CT molecular complexity index is 892. The first-order chi connectivity index (χ1) is 12.6. The predicted molar refractivity (Wildman–Crippen MR) is 93.2 cm³/mol. The minimum atomic E-state index is -0.965. The number of ether oxygens (including phenoxy) is 2. The molecule has 0 aromatic heterocycles. The SMILES string of the molecule is CC(=O)C1C(=O)C(=O)N(c2ccccc2)C1Cc1ccc2c(c1)OCO2. The first-order valence-corrected chi connectivity index (χ1v) is 8.37. The Balaban J connectivity index is 1.72. The lowest BCUT2D eigenvalue weighted by Crippen LogP contribution is -2.38. The van der Waals surface area contributed by atoms with E-state index in [9.17, 15) is 14.4 Å². The van der Waals surface area contributed by atoms with E-state index in [0.717, 1.165) is 5.56 Å². The molecule has 2 aromatic carbocycles. The van der Waals surface area contributed by atoms with E-state index in [-0.39, 0.29) is 12.6 Å². The Hall–Kier alpha value is -3.15. The van der Waals surface area contributed by atoms with Crippen molar-refractivity contribution >= 4 is 23.2 Å². The number of Topliss-reactive ketones (excluding diaryl/α,β-unsaturated/α-hetero) is 2. The van der Waals surface area contributed by atoms with Crippen LogP contribution in [0.15, 0.2) is 48.5 Å². The minimum absolute atomic E-state index is 0.172. The zero-order valence-corrected chi connectivity index (χ0v) is 14.2. The molecule has 6 nitrogen and oxygen atoms in total. The highest BCUT2D eigenvalue weighted by Gasteiger charge is 2.50. The summed E-state index contributed by atoms with van der Waals surface area (Å²) in [5.74, 6) is -1.26. The molecular weight excluding hydrogens is 334 g/mol. The van der Waals surface area contributed by atoms with Gasteiger partial charge in [-0.3, -0.25) is 14.4 Å². The molecule has 2 unspecified atom stereocenters. The molecule has 0 spiro atoms. The first kappa shape index (κ1) is 16.3. The molecule has 2 atom stereocenters. The van der Waals surface area contributed by atoms with Gasteiger partial charge in [-0.25, -0.2) is 0 Å². The van der Waals surface area contributed by atoms with Crippen molar-refractivity contribution in [2.45, 2.75) is 19.4 Å². The lowest BCUT2D eigenvalue weighted by atomic mass is 9.90. The lowest BCUT2D eigenvalue weighted by Gasteiger charge is -2.26. The average molecular weight is 351 g/mol. The number of hydrogen-bond acceptors (Lipinski definition) is 5. The number of hydrogen-bond donors (Lipinski definition) is 0. The van der Waals surface area contributed by atoms with E-state index in [1.165, 1.54) is 11.8 Å². The Morgan fingerprint density at radius 3 is 2.54 bits per heavy atom. The van der Waals surface area contributed by atoms with E-state index < -0.39 is 23.7 Å². The van der Waals surface area contributed by atoms with Crippen LogP contribution in [0.5, 0.6) is 11.5 Å². The number of rotatable bonds is 4. The van der Waals surface area contributed by atoms with Gasteiger partial charge in [0.05, 0.1) is 6.04 Å². The fourth-order valence-corrected chi connectivity index (χ4v) is 3.60. The van der Waals surface area contributed by atoms with Crippen molar-refractivity contribution in [2.24, 2.45) is 5.92 Å². The summed E-state index contributed by atoms with van der Waals surface area (Å²) < 4.78 is 10.7. The molecule has 0 radical (unpaired) electrons. The van der Waals surface area contributed by atoms with Crippen molar-refractivity contribution in [3.8, 4) is 11.5 Å². The number of carbonyl (C=O) groups is 3. The van der Waals surface area contributed by atoms with E-state index in [4.69, 9.17) is 9.47 Å². The van der Waals surface area contributed by atoms with Gasteiger partial charge in [0.15, 0.2) is 11.5 Å². The molecule has 6 heteroatoms. The van der Waals surface area contributed by atoms with Gasteiger partial charge in [-0.15, -0.1) is 0 Å². The van der Waals surface area contributed by atoms with Crippen LogP contribution in [-0.4, -0.2) is 30.3 Å². The standard InChI is InChI=1S/C20H17NO5/c1-12(22)18-15(9-13-7-8-16-17(10-13)26-11-25-16)21(20(24)19(18)23)14-5-3-2-4-6-14/h2-8,10,15,18H,9,11H2,1H3. The Labute approximate surface area is 150 Å². The molecule has 1 saturated heterocycles. The van der Waals surface area contributed by atoms with Crippen LogP contribution in [0, 0.1) is 5.92 Å². The van der Waals surface area contributed by atoms with Crippen LogP contribution < -0.4 is 14.4 Å². The van der Waals surface area contributed by atoms with Crippen molar-refractivity contribution in [1.29, 1.82) is 0 Å². The van der Waals surface area contributed by atoms with E-state index in [2.05, 4.69) is 0 Å². The molecule has 2 aromatic rings. The number of carbonyl (C=O) groups excluding carboxylic acids is 3. The normalized spacial score (nSPS) is 21.3. The zero-order valence-electron chi connectivity index (χ0n) is 14.2. The van der Waals surface area contributed by atoms with Crippen LogP contribution in [0.1, 0.15) is 12.5 Å². The highest BCUT2D eigenvalue weighted by molar-refractivity contribution is 6.48. The van der Waals surface area contributed by atoms with Gasteiger partial charge < -0.3 is 14.4 Å². The van der Waals surface area contributed by atoms with Crippen LogP contribution in [0.4, 0.5) is 5.69 Å². The van der Waals surface area contributed by atoms with E-state index in [1.54, 1.807) is 30.3 Å². The molecule has 1 amide bonds. The summed E-state index contributed by atoms with van der Waals surface area (Å²) in [5, 5.41) is 0. The summed E-state index contributed by atoms with van der Waals surface area (Å²) in [5.41, 5.74) is 1.48. The smallest absolute Gasteiger partial charge is 0.295 e. The largest absolute Gasteiger partial charge is 0.454 e. The molecule has 2 heterocycles. The minimum Gasteiger partial charge on any atom is -0.454 e. The molecule has 0 bridgehead atoms. The third-order valence-electron chi connectivity index (χ3n) is 4.78. The van der Waals surface area contributed by atoms with Gasteiger partial charge in [-0.05, 0) is 43.2 Å². The number of fused-ring (bicyclic) bond motifs is 1. The fourth-order valence-electron chi connectivity index (χ4n) is 3.60. The summed E-state index contributed by atoms with van der Waals surface area (Å²) in [4.78, 5) is 38.6. The molecular formula is C20H17NO5. The third-order valence-corrected chi connectivity index (χ3v) is 4.78. The monoisotopic (exact) mass is 351 g/mol. The van der Waals surface area contributed by atoms with Crippen LogP contribution in [0.3, 0.4) is 0 Å². The molecule has 1 fully saturated rings. The number of para-hydroxylation sites is 1. The molecule has 132 valence electrons. The van der Waals surface area contributed by atoms with Crippen LogP contribution in [-0.2, 0) is 20.8 Å². The molecule has 0 N–H and O–H groups in total. The zero-order chi connectivity index (χ0) is 18.3. The van der Waals surface area contributed by atoms with Crippen molar-refractivity contribution in [3.05, 3.63) is 54.1 Å². The van der Waals surface area contributed by atoms with Crippen molar-refractivity contribution in [1.82, 2.24) is 0 Å². The van der Waals surface area contributed by atoms with Crippen molar-refractivity contribution in [2.75, 3.05) is 11.7 Å². The topological polar surface area (TPSA) is 72.9 Å². The fraction of sp³-hybridized carbons (Fsp3) is 0.250. The number of benzene rings is 2. The predicted octanol–water partition coefficient (Wildman–Crippen LogP) is 2.15. The van der Waals surface area contributed by atoms with Gasteiger partial charge in [0.1, 0.15) is 11.7 Å². The first-order valence-electron chi connectivity index (χ1n) is 8.37. The van der Waals surface area contributed by atoms with Gasteiger partial charge >= 0.3 is 0 Å². The lowest BCUT2D eigenvalue weighted by molar-refractivity contribution is -0.138. The highest BCUT2D eigenvalue weighted by Crippen LogP contribution is 2.36. The Kier molecular flexibility index (Phi) is 3.95. The van der Waals surface area contributed by atoms with Gasteiger partial charge in [-0.1, -0.05) is 24.3 Å². The van der Waals surface area contributed by atoms with Crippen molar-refractivity contribution < 1.29 is 23.9 Å². The maximum absolute atomic E-state index is 12.6. The number of amides is 1. The summed E-state index contributed by atoms with van der Waals surface area (Å²) in [6.45, 7) is 1.53. The van der Waals surface area contributed by atoms with E-state index >= 15 is 0 Å². The van der Waals surface area contributed by atoms with E-state index in [0.29, 0.717) is 23.6 Å². The number of anilines is 1. The summed E-state index contributed by atoms with van der Waals surface area (Å²) in [6, 6.07) is 13.9. The molecule has 26 heavy (non-hydrogen) atoms. The van der Waals surface area contributed by atoms with Crippen molar-refractivity contribution in [3.63, 3.8) is 0 Å².